The van der Waals surface area contributed by atoms with Crippen LogP contribution in [0.4, 0.5) is 5.95 Å². The average molecular weight is 304 g/mol. The number of fused-ring (bicyclic) bond motifs is 1. The lowest BCUT2D eigenvalue weighted by atomic mass is 10.3. The Bertz CT molecular complexity index is 820. The van der Waals surface area contributed by atoms with Gasteiger partial charge in [-0.25, -0.2) is 4.98 Å². The highest BCUT2D eigenvalue weighted by Crippen LogP contribution is 2.18. The smallest absolute Gasteiger partial charge is 0.248 e. The van der Waals surface area contributed by atoms with Crippen molar-refractivity contribution in [3.05, 3.63) is 41.2 Å². The third-order valence-corrected chi connectivity index (χ3v) is 3.75. The van der Waals surface area contributed by atoms with Crippen LogP contribution in [0.15, 0.2) is 30.5 Å². The highest BCUT2D eigenvalue weighted by atomic mass is 35.5. The van der Waals surface area contributed by atoms with Gasteiger partial charge in [0.25, 0.3) is 0 Å². The van der Waals surface area contributed by atoms with Gasteiger partial charge in [-0.1, -0.05) is 23.7 Å². The minimum atomic E-state index is -0.198. The molecule has 108 valence electrons. The number of hydrogen-bond acceptors (Lipinski definition) is 3. The monoisotopic (exact) mass is 303 g/mol. The molecule has 0 fully saturated rings. The van der Waals surface area contributed by atoms with E-state index in [9.17, 15) is 4.79 Å². The van der Waals surface area contributed by atoms with Gasteiger partial charge in [0, 0.05) is 7.05 Å². The molecule has 3 aromatic rings. The normalized spacial score (nSPS) is 11.0. The number of amides is 1. The van der Waals surface area contributed by atoms with Crippen molar-refractivity contribution in [1.29, 1.82) is 0 Å². The molecule has 0 aliphatic carbocycles. The molecule has 1 amide bonds. The van der Waals surface area contributed by atoms with Gasteiger partial charge in [0.1, 0.15) is 6.54 Å². The summed E-state index contributed by atoms with van der Waals surface area (Å²) in [5, 5.41) is 7.40. The van der Waals surface area contributed by atoms with Gasteiger partial charge in [-0.15, -0.1) is 0 Å². The second-order valence-electron chi connectivity index (χ2n) is 4.77. The topological polar surface area (TPSA) is 64.7 Å². The van der Waals surface area contributed by atoms with Crippen LogP contribution in [0.25, 0.3) is 11.0 Å². The summed E-state index contributed by atoms with van der Waals surface area (Å²) in [5.74, 6) is 0.313. The van der Waals surface area contributed by atoms with E-state index in [4.69, 9.17) is 11.6 Å². The molecule has 3 rings (SSSR count). The average Bonchev–Trinajstić information content (AvgIpc) is 2.94. The molecule has 1 N–H and O–H groups in total. The van der Waals surface area contributed by atoms with Gasteiger partial charge in [-0.05, 0) is 19.1 Å². The van der Waals surface area contributed by atoms with E-state index in [1.165, 1.54) is 6.20 Å². The van der Waals surface area contributed by atoms with Crippen molar-refractivity contribution >= 4 is 34.5 Å². The van der Waals surface area contributed by atoms with Gasteiger partial charge in [0.15, 0.2) is 0 Å². The predicted octanol–water partition coefficient (Wildman–Crippen LogP) is 2.37. The quantitative estimate of drug-likeness (QED) is 0.808. The fourth-order valence-corrected chi connectivity index (χ4v) is 2.28. The molecule has 2 aromatic heterocycles. The number of carbonyl (C=O) groups is 1. The highest BCUT2D eigenvalue weighted by Gasteiger charge is 2.12. The minimum Gasteiger partial charge on any atom is -0.313 e. The summed E-state index contributed by atoms with van der Waals surface area (Å²) in [6.45, 7) is 1.92. The number of halogens is 1. The largest absolute Gasteiger partial charge is 0.313 e. The molecule has 6 nitrogen and oxygen atoms in total. The number of anilines is 1. The number of hydrogen-bond donors (Lipinski definition) is 1. The van der Waals surface area contributed by atoms with E-state index in [1.807, 2.05) is 42.8 Å². The third kappa shape index (κ3) is 2.50. The Morgan fingerprint density at radius 3 is 2.81 bits per heavy atom. The fourth-order valence-electron chi connectivity index (χ4n) is 2.14. The van der Waals surface area contributed by atoms with Crippen molar-refractivity contribution in [2.24, 2.45) is 7.05 Å². The SMILES string of the molecule is Cc1c(Cl)cnn1CC(=O)Nc1nc2ccccc2n1C. The van der Waals surface area contributed by atoms with E-state index in [2.05, 4.69) is 15.4 Å². The van der Waals surface area contributed by atoms with E-state index in [-0.39, 0.29) is 12.5 Å². The summed E-state index contributed by atoms with van der Waals surface area (Å²) in [6, 6.07) is 7.71. The maximum atomic E-state index is 12.1. The predicted molar refractivity (Wildman–Crippen MR) is 81.3 cm³/mol. The van der Waals surface area contributed by atoms with Crippen LogP contribution in [-0.2, 0) is 18.4 Å². The lowest BCUT2D eigenvalue weighted by Crippen LogP contribution is -2.21. The standard InChI is InChI=1S/C14H14ClN5O/c1-9-10(15)7-16-20(9)8-13(21)18-14-17-11-5-3-4-6-12(11)19(14)2/h3-7H,8H2,1-2H3,(H,17,18,21). The summed E-state index contributed by atoms with van der Waals surface area (Å²) in [7, 11) is 1.86. The molecule has 0 saturated carbocycles. The lowest BCUT2D eigenvalue weighted by Gasteiger charge is -2.06. The van der Waals surface area contributed by atoms with E-state index >= 15 is 0 Å². The van der Waals surface area contributed by atoms with Gasteiger partial charge in [0.2, 0.25) is 11.9 Å². The maximum Gasteiger partial charge on any atom is 0.248 e. The van der Waals surface area contributed by atoms with Crippen molar-refractivity contribution in [2.75, 3.05) is 5.32 Å². The van der Waals surface area contributed by atoms with Gasteiger partial charge in [-0.3, -0.25) is 14.8 Å². The second-order valence-corrected chi connectivity index (χ2v) is 5.17. The van der Waals surface area contributed by atoms with Gasteiger partial charge in [0.05, 0.1) is 27.9 Å². The van der Waals surface area contributed by atoms with Crippen LogP contribution in [0.1, 0.15) is 5.69 Å². The molecule has 2 heterocycles. The Kier molecular flexibility index (Phi) is 3.39. The molecule has 1 aromatic carbocycles. The molecular formula is C14H14ClN5O. The molecule has 7 heteroatoms. The van der Waals surface area contributed by atoms with Gasteiger partial charge in [-0.2, -0.15) is 5.10 Å². The number of imidazole rings is 1. The first-order chi connectivity index (χ1) is 10.1. The minimum absolute atomic E-state index is 0.0990. The number of aromatic nitrogens is 4. The Balaban J connectivity index is 1.80. The van der Waals surface area contributed by atoms with Crippen LogP contribution < -0.4 is 5.32 Å². The van der Waals surface area contributed by atoms with Crippen LogP contribution in [0, 0.1) is 6.92 Å². The molecule has 21 heavy (non-hydrogen) atoms. The summed E-state index contributed by atoms with van der Waals surface area (Å²) >= 11 is 5.92. The zero-order valence-electron chi connectivity index (χ0n) is 11.7. The Morgan fingerprint density at radius 2 is 2.14 bits per heavy atom. The van der Waals surface area contributed by atoms with Crippen molar-refractivity contribution in [3.8, 4) is 0 Å². The zero-order valence-corrected chi connectivity index (χ0v) is 12.4. The fraction of sp³-hybridized carbons (Fsp3) is 0.214. The number of rotatable bonds is 3. The van der Waals surface area contributed by atoms with Gasteiger partial charge >= 0.3 is 0 Å². The zero-order chi connectivity index (χ0) is 15.0. The molecule has 0 spiro atoms. The molecule has 0 unspecified atom stereocenters. The number of para-hydroxylation sites is 2. The van der Waals surface area contributed by atoms with Crippen LogP contribution in [0.5, 0.6) is 0 Å². The van der Waals surface area contributed by atoms with E-state index < -0.39 is 0 Å². The molecular weight excluding hydrogens is 290 g/mol. The number of nitrogens with zero attached hydrogens (tertiary/aromatic N) is 4. The molecule has 0 aliphatic rings. The number of aryl methyl sites for hydroxylation is 1. The summed E-state index contributed by atoms with van der Waals surface area (Å²) in [6.07, 6.45) is 1.53. The second kappa shape index (κ2) is 5.21. The first-order valence-electron chi connectivity index (χ1n) is 6.45. The summed E-state index contributed by atoms with van der Waals surface area (Å²) < 4.78 is 3.40. The van der Waals surface area contributed by atoms with Crippen LogP contribution in [0.2, 0.25) is 5.02 Å². The first kappa shape index (κ1) is 13.6. The van der Waals surface area contributed by atoms with Crippen molar-refractivity contribution < 1.29 is 4.79 Å². The molecule has 0 atom stereocenters. The maximum absolute atomic E-state index is 12.1. The van der Waals surface area contributed by atoms with E-state index in [0.29, 0.717) is 11.0 Å². The number of carbonyl (C=O) groups excluding carboxylic acids is 1. The van der Waals surface area contributed by atoms with Crippen LogP contribution >= 0.6 is 11.6 Å². The number of benzene rings is 1. The van der Waals surface area contributed by atoms with E-state index in [0.717, 1.165) is 16.7 Å². The van der Waals surface area contributed by atoms with Crippen molar-refractivity contribution in [2.45, 2.75) is 13.5 Å². The Labute approximate surface area is 126 Å². The third-order valence-electron chi connectivity index (χ3n) is 3.38. The van der Waals surface area contributed by atoms with E-state index in [1.54, 1.807) is 4.68 Å². The van der Waals surface area contributed by atoms with Gasteiger partial charge < -0.3 is 4.57 Å². The highest BCUT2D eigenvalue weighted by molar-refractivity contribution is 6.31. The van der Waals surface area contributed by atoms with Crippen LogP contribution in [0.3, 0.4) is 0 Å². The number of nitrogens with one attached hydrogen (secondary N) is 1. The molecule has 0 aliphatic heterocycles. The Morgan fingerprint density at radius 1 is 1.38 bits per heavy atom. The molecule has 0 saturated heterocycles. The van der Waals surface area contributed by atoms with Crippen molar-refractivity contribution in [3.63, 3.8) is 0 Å². The lowest BCUT2D eigenvalue weighted by molar-refractivity contribution is -0.117. The summed E-state index contributed by atoms with van der Waals surface area (Å²) in [5.41, 5.74) is 2.57. The molecule has 0 radical (unpaired) electrons. The van der Waals surface area contributed by atoms with Crippen molar-refractivity contribution in [1.82, 2.24) is 19.3 Å². The Hall–Kier alpha value is -2.34. The van der Waals surface area contributed by atoms with Crippen LogP contribution in [-0.4, -0.2) is 25.2 Å². The first-order valence-corrected chi connectivity index (χ1v) is 6.83. The summed E-state index contributed by atoms with van der Waals surface area (Å²) in [4.78, 5) is 16.5. The molecule has 0 bridgehead atoms.